The highest BCUT2D eigenvalue weighted by Crippen LogP contribution is 2.16. The molecule has 2 aliphatic heterocycles. The van der Waals surface area contributed by atoms with Crippen LogP contribution in [0.25, 0.3) is 0 Å². The van der Waals surface area contributed by atoms with E-state index in [0.717, 1.165) is 18.7 Å². The number of hydrogen-bond acceptors (Lipinski definition) is 4. The summed E-state index contributed by atoms with van der Waals surface area (Å²) in [6.07, 6.45) is 0.823. The van der Waals surface area contributed by atoms with Gasteiger partial charge in [-0.3, -0.25) is 9.48 Å². The van der Waals surface area contributed by atoms with Gasteiger partial charge in [0, 0.05) is 32.2 Å². The first kappa shape index (κ1) is 18.7. The van der Waals surface area contributed by atoms with E-state index in [1.54, 1.807) is 4.90 Å². The molecule has 0 aliphatic carbocycles. The average molecular weight is 363 g/mol. The zero-order chi connectivity index (χ0) is 18.7. The predicted octanol–water partition coefficient (Wildman–Crippen LogP) is 1.32. The maximum Gasteiger partial charge on any atom is 0.317 e. The molecule has 1 aromatic rings. The minimum Gasteiger partial charge on any atom is -0.378 e. The second-order valence-corrected chi connectivity index (χ2v) is 7.41. The molecule has 0 bridgehead atoms. The lowest BCUT2D eigenvalue weighted by atomic mass is 10.1. The summed E-state index contributed by atoms with van der Waals surface area (Å²) in [4.78, 5) is 28.8. The number of fused-ring (bicyclic) bond motifs is 1. The molecule has 1 fully saturated rings. The summed E-state index contributed by atoms with van der Waals surface area (Å²) in [7, 11) is 0. The molecule has 144 valence electrons. The lowest BCUT2D eigenvalue weighted by molar-refractivity contribution is 0.0298. The minimum absolute atomic E-state index is 0.0538. The molecule has 1 atom stereocenters. The number of carbonyl (C=O) groups excluding carboxylic acids is 2. The highest BCUT2D eigenvalue weighted by molar-refractivity contribution is 5.92. The summed E-state index contributed by atoms with van der Waals surface area (Å²) >= 11 is 0. The summed E-state index contributed by atoms with van der Waals surface area (Å²) < 4.78 is 7.17. The molecule has 3 amide bonds. The smallest absolute Gasteiger partial charge is 0.317 e. The monoisotopic (exact) mass is 363 g/mol. The van der Waals surface area contributed by atoms with Gasteiger partial charge in [-0.1, -0.05) is 13.8 Å². The van der Waals surface area contributed by atoms with Gasteiger partial charge in [-0.05, 0) is 25.3 Å². The predicted molar refractivity (Wildman–Crippen MR) is 96.8 cm³/mol. The van der Waals surface area contributed by atoms with E-state index >= 15 is 0 Å². The normalized spacial score (nSPS) is 19.1. The highest BCUT2D eigenvalue weighted by Gasteiger charge is 2.26. The third kappa shape index (κ3) is 4.17. The first-order chi connectivity index (χ1) is 12.5. The lowest BCUT2D eigenvalue weighted by Crippen LogP contribution is -2.45. The Balaban J connectivity index is 1.69. The number of nitrogens with zero attached hydrogens (tertiary/aromatic N) is 4. The van der Waals surface area contributed by atoms with Gasteiger partial charge in [0.05, 0.1) is 25.5 Å². The first-order valence-electron chi connectivity index (χ1n) is 9.45. The molecule has 3 heterocycles. The van der Waals surface area contributed by atoms with Gasteiger partial charge in [-0.2, -0.15) is 5.10 Å². The molecule has 2 aliphatic rings. The fourth-order valence-electron chi connectivity index (χ4n) is 3.12. The Hall–Kier alpha value is -2.09. The number of hydrogen-bond donors (Lipinski definition) is 1. The summed E-state index contributed by atoms with van der Waals surface area (Å²) in [5, 5.41) is 7.55. The van der Waals surface area contributed by atoms with Gasteiger partial charge in [0.1, 0.15) is 0 Å². The molecule has 0 spiro atoms. The van der Waals surface area contributed by atoms with Crippen LogP contribution in [0.2, 0.25) is 0 Å². The van der Waals surface area contributed by atoms with Gasteiger partial charge in [-0.25, -0.2) is 4.79 Å². The van der Waals surface area contributed by atoms with Gasteiger partial charge >= 0.3 is 6.03 Å². The minimum atomic E-state index is -0.0571. The highest BCUT2D eigenvalue weighted by atomic mass is 16.5. The molecule has 1 saturated heterocycles. The van der Waals surface area contributed by atoms with E-state index in [-0.39, 0.29) is 18.0 Å². The van der Waals surface area contributed by atoms with E-state index in [0.29, 0.717) is 51.0 Å². The van der Waals surface area contributed by atoms with Crippen LogP contribution in [0.15, 0.2) is 6.07 Å². The Bertz CT molecular complexity index is 651. The van der Waals surface area contributed by atoms with Crippen LogP contribution in [-0.4, -0.2) is 70.4 Å². The third-order valence-corrected chi connectivity index (χ3v) is 5.17. The quantitative estimate of drug-likeness (QED) is 0.878. The Morgan fingerprint density at radius 3 is 2.54 bits per heavy atom. The zero-order valence-corrected chi connectivity index (χ0v) is 15.9. The maximum absolute atomic E-state index is 12.6. The lowest BCUT2D eigenvalue weighted by Gasteiger charge is -2.26. The van der Waals surface area contributed by atoms with Gasteiger partial charge in [0.25, 0.3) is 5.91 Å². The molecular weight excluding hydrogens is 334 g/mol. The molecule has 8 heteroatoms. The van der Waals surface area contributed by atoms with E-state index in [2.05, 4.69) is 24.3 Å². The molecule has 8 nitrogen and oxygen atoms in total. The zero-order valence-electron chi connectivity index (χ0n) is 15.9. The van der Waals surface area contributed by atoms with Crippen LogP contribution in [-0.2, 0) is 17.8 Å². The Labute approximate surface area is 154 Å². The van der Waals surface area contributed by atoms with Crippen molar-refractivity contribution in [2.75, 3.05) is 32.8 Å². The van der Waals surface area contributed by atoms with Crippen LogP contribution in [0, 0.1) is 5.92 Å². The van der Waals surface area contributed by atoms with Crippen LogP contribution >= 0.6 is 0 Å². The summed E-state index contributed by atoms with van der Waals surface area (Å²) in [5.41, 5.74) is 1.37. The van der Waals surface area contributed by atoms with Crippen molar-refractivity contribution in [3.8, 4) is 0 Å². The van der Waals surface area contributed by atoms with Crippen LogP contribution < -0.4 is 5.32 Å². The largest absolute Gasteiger partial charge is 0.378 e. The van der Waals surface area contributed by atoms with Crippen LogP contribution in [0.5, 0.6) is 0 Å². The Kier molecular flexibility index (Phi) is 5.80. The topological polar surface area (TPSA) is 79.7 Å². The fourth-order valence-corrected chi connectivity index (χ4v) is 3.12. The number of rotatable bonds is 3. The molecule has 1 N–H and O–H groups in total. The van der Waals surface area contributed by atoms with E-state index in [1.165, 1.54) is 0 Å². The van der Waals surface area contributed by atoms with Crippen LogP contribution in [0.4, 0.5) is 4.79 Å². The van der Waals surface area contributed by atoms with Crippen molar-refractivity contribution in [1.29, 1.82) is 0 Å². The van der Waals surface area contributed by atoms with E-state index in [1.807, 2.05) is 22.6 Å². The SMILES string of the molecule is CC(C)C(C)NC(=O)N1CCCn2nc(C(=O)N3CCOCC3)cc2C1. The molecule has 1 unspecified atom stereocenters. The van der Waals surface area contributed by atoms with Crippen molar-refractivity contribution in [1.82, 2.24) is 24.9 Å². The Morgan fingerprint density at radius 1 is 1.12 bits per heavy atom. The molecule has 0 aromatic carbocycles. The van der Waals surface area contributed by atoms with Gasteiger partial charge < -0.3 is 19.9 Å². The number of morpholine rings is 1. The van der Waals surface area contributed by atoms with Crippen molar-refractivity contribution in [2.45, 2.75) is 46.3 Å². The number of urea groups is 1. The number of nitrogens with one attached hydrogen (secondary N) is 1. The summed E-state index contributed by atoms with van der Waals surface area (Å²) in [5.74, 6) is 0.326. The molecule has 26 heavy (non-hydrogen) atoms. The number of aromatic nitrogens is 2. The second kappa shape index (κ2) is 8.07. The number of ether oxygens (including phenoxy) is 1. The second-order valence-electron chi connectivity index (χ2n) is 7.41. The molecule has 0 saturated carbocycles. The first-order valence-corrected chi connectivity index (χ1v) is 9.45. The van der Waals surface area contributed by atoms with Crippen molar-refractivity contribution in [3.63, 3.8) is 0 Å². The van der Waals surface area contributed by atoms with E-state index in [4.69, 9.17) is 4.74 Å². The molecular formula is C18H29N5O3. The summed E-state index contributed by atoms with van der Waals surface area (Å²) in [6.45, 7) is 10.4. The average Bonchev–Trinajstić information content (AvgIpc) is 2.93. The number of amides is 3. The van der Waals surface area contributed by atoms with Crippen molar-refractivity contribution < 1.29 is 14.3 Å². The standard InChI is InChI=1S/C18H29N5O3/c1-13(2)14(3)19-18(25)22-5-4-6-23-15(12-22)11-16(20-23)17(24)21-7-9-26-10-8-21/h11,13-14H,4-10,12H2,1-3H3,(H,19,25). The Morgan fingerprint density at radius 2 is 1.85 bits per heavy atom. The van der Waals surface area contributed by atoms with Crippen LogP contribution in [0.3, 0.4) is 0 Å². The molecule has 3 rings (SSSR count). The number of carbonyl (C=O) groups is 2. The van der Waals surface area contributed by atoms with Crippen molar-refractivity contribution >= 4 is 11.9 Å². The summed E-state index contributed by atoms with van der Waals surface area (Å²) in [6, 6.07) is 1.89. The molecule has 0 radical (unpaired) electrons. The maximum atomic E-state index is 12.6. The fraction of sp³-hybridized carbons (Fsp3) is 0.722. The van der Waals surface area contributed by atoms with E-state index < -0.39 is 0 Å². The van der Waals surface area contributed by atoms with Crippen LogP contribution in [0.1, 0.15) is 43.4 Å². The molecule has 1 aromatic heterocycles. The third-order valence-electron chi connectivity index (χ3n) is 5.17. The van der Waals surface area contributed by atoms with Crippen molar-refractivity contribution in [2.24, 2.45) is 5.92 Å². The van der Waals surface area contributed by atoms with Crippen molar-refractivity contribution in [3.05, 3.63) is 17.5 Å². The van der Waals surface area contributed by atoms with Gasteiger partial charge in [0.2, 0.25) is 0 Å². The van der Waals surface area contributed by atoms with Gasteiger partial charge in [-0.15, -0.1) is 0 Å². The number of aryl methyl sites for hydroxylation is 1. The van der Waals surface area contributed by atoms with E-state index in [9.17, 15) is 9.59 Å². The van der Waals surface area contributed by atoms with Gasteiger partial charge in [0.15, 0.2) is 5.69 Å².